The Bertz CT molecular complexity index is 1050. The summed E-state index contributed by atoms with van der Waals surface area (Å²) in [6.45, 7) is 3.47. The summed E-state index contributed by atoms with van der Waals surface area (Å²) in [5, 5.41) is 6.52. The van der Waals surface area contributed by atoms with Gasteiger partial charge in [0.05, 0.1) is 18.3 Å². The van der Waals surface area contributed by atoms with E-state index in [9.17, 15) is 14.4 Å². The number of nitrogens with zero attached hydrogens (tertiary/aromatic N) is 3. The minimum absolute atomic E-state index is 0.0443. The third kappa shape index (κ3) is 6.48. The Labute approximate surface area is 200 Å². The number of aryl methyl sites for hydroxylation is 1. The third-order valence-electron chi connectivity index (χ3n) is 5.19. The van der Waals surface area contributed by atoms with Crippen LogP contribution in [0, 0.1) is 12.8 Å². The second kappa shape index (κ2) is 11.2. The van der Waals surface area contributed by atoms with Gasteiger partial charge in [0.2, 0.25) is 5.91 Å². The number of ether oxygens (including phenoxy) is 1. The van der Waals surface area contributed by atoms with Crippen LogP contribution in [0.15, 0.2) is 34.1 Å². The molecule has 11 heteroatoms. The minimum atomic E-state index is -0.620. The molecule has 1 aliphatic heterocycles. The first-order valence-corrected chi connectivity index (χ1v) is 11.6. The Hall–Kier alpha value is -2.07. The molecule has 0 atom stereocenters. The van der Waals surface area contributed by atoms with E-state index in [1.165, 1.54) is 13.3 Å². The molecule has 172 valence electrons. The Morgan fingerprint density at radius 1 is 1.28 bits per heavy atom. The van der Waals surface area contributed by atoms with Gasteiger partial charge in [-0.05, 0) is 55.3 Å². The molecular formula is C21H24Cl2N4O4S. The van der Waals surface area contributed by atoms with Crippen LogP contribution in [0.4, 0.5) is 5.69 Å². The van der Waals surface area contributed by atoms with Crippen LogP contribution in [0.25, 0.3) is 0 Å². The topological polar surface area (TPSA) is 93.5 Å². The van der Waals surface area contributed by atoms with E-state index >= 15 is 0 Å². The maximum absolute atomic E-state index is 12.4. The lowest BCUT2D eigenvalue weighted by molar-refractivity contribution is -0.142. The molecule has 1 aliphatic rings. The normalized spacial score (nSPS) is 14.9. The fraction of sp³-hybridized carbons (Fsp3) is 0.429. The minimum Gasteiger partial charge on any atom is -0.469 e. The molecular weight excluding hydrogens is 475 g/mol. The highest BCUT2D eigenvalue weighted by atomic mass is 35.5. The first kappa shape index (κ1) is 24.6. The lowest BCUT2D eigenvalue weighted by Crippen LogP contribution is -2.30. The van der Waals surface area contributed by atoms with E-state index in [0.717, 1.165) is 41.1 Å². The number of amides is 1. The largest absolute Gasteiger partial charge is 0.469 e. The van der Waals surface area contributed by atoms with E-state index in [2.05, 4.69) is 14.7 Å². The van der Waals surface area contributed by atoms with Crippen molar-refractivity contribution < 1.29 is 14.3 Å². The van der Waals surface area contributed by atoms with Crippen LogP contribution in [0.3, 0.4) is 0 Å². The molecule has 1 aromatic carbocycles. The van der Waals surface area contributed by atoms with Gasteiger partial charge in [0.25, 0.3) is 5.56 Å². The smallest absolute Gasteiger partial charge is 0.305 e. The Morgan fingerprint density at radius 3 is 2.69 bits per heavy atom. The van der Waals surface area contributed by atoms with Crippen LogP contribution in [0.1, 0.15) is 24.8 Å². The van der Waals surface area contributed by atoms with Gasteiger partial charge >= 0.3 is 5.97 Å². The van der Waals surface area contributed by atoms with E-state index in [1.54, 1.807) is 11.9 Å². The number of benzene rings is 1. The van der Waals surface area contributed by atoms with Crippen molar-refractivity contribution in [3.05, 3.63) is 50.4 Å². The van der Waals surface area contributed by atoms with Gasteiger partial charge in [-0.1, -0.05) is 29.3 Å². The number of hydrogen-bond donors (Lipinski definition) is 1. The monoisotopic (exact) mass is 498 g/mol. The number of nitrogens with one attached hydrogen (secondary N) is 1. The first-order valence-electron chi connectivity index (χ1n) is 10.1. The third-order valence-corrected chi connectivity index (χ3v) is 7.20. The molecule has 0 saturated carbocycles. The summed E-state index contributed by atoms with van der Waals surface area (Å²) in [5.74, 6) is -0.209. The lowest BCUT2D eigenvalue weighted by atomic mass is 9.95. The number of carbonyl (C=O) groups excluding carboxylic acids is 2. The zero-order valence-electron chi connectivity index (χ0n) is 17.8. The van der Waals surface area contributed by atoms with Gasteiger partial charge in [-0.15, -0.1) is 0 Å². The number of piperidine rings is 1. The molecule has 32 heavy (non-hydrogen) atoms. The summed E-state index contributed by atoms with van der Waals surface area (Å²) in [6.07, 6.45) is 3.56. The van der Waals surface area contributed by atoms with E-state index in [4.69, 9.17) is 27.9 Å². The average molecular weight is 499 g/mol. The summed E-state index contributed by atoms with van der Waals surface area (Å²) in [4.78, 5) is 37.0. The summed E-state index contributed by atoms with van der Waals surface area (Å²) in [7, 11) is 1.42. The number of aromatic nitrogens is 2. The second-order valence-corrected chi connectivity index (χ2v) is 9.47. The van der Waals surface area contributed by atoms with Crippen LogP contribution in [0.5, 0.6) is 0 Å². The fourth-order valence-electron chi connectivity index (χ4n) is 3.33. The summed E-state index contributed by atoms with van der Waals surface area (Å²) in [5.41, 5.74) is 1.09. The number of anilines is 1. The molecule has 0 spiro atoms. The molecule has 1 amide bonds. The van der Waals surface area contributed by atoms with Crippen molar-refractivity contribution >= 4 is 52.7 Å². The van der Waals surface area contributed by atoms with E-state index < -0.39 is 11.5 Å². The number of carbonyl (C=O) groups is 2. The van der Waals surface area contributed by atoms with Gasteiger partial charge in [0, 0.05) is 30.1 Å². The SMILES string of the molecule is COC(=O)CC1CCN(Sc2cc(NC(=O)Cn3ncc(Cl)c(Cl)c3=O)ccc2C)CC1. The molecule has 1 N–H and O–H groups in total. The number of methoxy groups -OCH3 is 1. The number of hydrogen-bond acceptors (Lipinski definition) is 7. The van der Waals surface area contributed by atoms with Crippen LogP contribution in [-0.4, -0.2) is 46.2 Å². The van der Waals surface area contributed by atoms with Crippen LogP contribution >= 0.6 is 35.1 Å². The van der Waals surface area contributed by atoms with Gasteiger partial charge in [0.1, 0.15) is 11.6 Å². The molecule has 3 rings (SSSR count). The van der Waals surface area contributed by atoms with Crippen molar-refractivity contribution in [1.29, 1.82) is 0 Å². The zero-order chi connectivity index (χ0) is 23.3. The number of esters is 1. The first-order chi connectivity index (χ1) is 15.3. The molecule has 2 aromatic rings. The highest BCUT2D eigenvalue weighted by Crippen LogP contribution is 2.33. The maximum atomic E-state index is 12.4. The van der Waals surface area contributed by atoms with Gasteiger partial charge in [-0.25, -0.2) is 8.99 Å². The molecule has 8 nitrogen and oxygen atoms in total. The molecule has 1 saturated heterocycles. The van der Waals surface area contributed by atoms with Gasteiger partial charge < -0.3 is 10.1 Å². The molecule has 1 aromatic heterocycles. The summed E-state index contributed by atoms with van der Waals surface area (Å²) < 4.78 is 7.99. The van der Waals surface area contributed by atoms with E-state index in [1.807, 2.05) is 25.1 Å². The fourth-order valence-corrected chi connectivity index (χ4v) is 4.67. The maximum Gasteiger partial charge on any atom is 0.305 e. The van der Waals surface area contributed by atoms with Crippen LogP contribution in [0.2, 0.25) is 10.0 Å². The van der Waals surface area contributed by atoms with Crippen LogP contribution < -0.4 is 10.9 Å². The van der Waals surface area contributed by atoms with Crippen molar-refractivity contribution in [2.75, 3.05) is 25.5 Å². The van der Waals surface area contributed by atoms with E-state index in [-0.39, 0.29) is 22.6 Å². The van der Waals surface area contributed by atoms with Gasteiger partial charge in [0.15, 0.2) is 0 Å². The standard InChI is InChI=1S/C21H24Cl2N4O4S/c1-13-3-4-15(25-18(28)12-27-21(30)20(23)16(22)11-24-27)10-17(13)32-26-7-5-14(6-8-26)9-19(29)31-2/h3-4,10-11,14H,5-9,12H2,1-2H3,(H,25,28). The number of halogens is 2. The molecule has 0 unspecified atom stereocenters. The molecule has 2 heterocycles. The van der Waals surface area contributed by atoms with Crippen LogP contribution in [-0.2, 0) is 20.9 Å². The van der Waals surface area contributed by atoms with Crippen molar-refractivity contribution in [2.24, 2.45) is 5.92 Å². The molecule has 0 radical (unpaired) electrons. The molecule has 0 bridgehead atoms. The second-order valence-electron chi connectivity index (χ2n) is 7.54. The van der Waals surface area contributed by atoms with Crippen molar-refractivity contribution in [3.8, 4) is 0 Å². The Morgan fingerprint density at radius 2 is 2.00 bits per heavy atom. The van der Waals surface area contributed by atoms with Gasteiger partial charge in [-0.2, -0.15) is 5.10 Å². The van der Waals surface area contributed by atoms with Crippen molar-refractivity contribution in [3.63, 3.8) is 0 Å². The zero-order valence-corrected chi connectivity index (χ0v) is 20.1. The summed E-state index contributed by atoms with van der Waals surface area (Å²) in [6, 6.07) is 5.65. The summed E-state index contributed by atoms with van der Waals surface area (Å²) >= 11 is 13.2. The molecule has 1 fully saturated rings. The van der Waals surface area contributed by atoms with E-state index in [0.29, 0.717) is 18.0 Å². The Kier molecular flexibility index (Phi) is 8.58. The van der Waals surface area contributed by atoms with Gasteiger partial charge in [-0.3, -0.25) is 14.4 Å². The molecule has 0 aliphatic carbocycles. The lowest BCUT2D eigenvalue weighted by Gasteiger charge is -2.30. The highest BCUT2D eigenvalue weighted by Gasteiger charge is 2.23. The highest BCUT2D eigenvalue weighted by molar-refractivity contribution is 7.97. The Balaban J connectivity index is 1.59. The number of rotatable bonds is 7. The quantitative estimate of drug-likeness (QED) is 0.458. The predicted molar refractivity (Wildman–Crippen MR) is 125 cm³/mol. The van der Waals surface area contributed by atoms with Crippen molar-refractivity contribution in [1.82, 2.24) is 14.1 Å². The van der Waals surface area contributed by atoms with Crippen molar-refractivity contribution in [2.45, 2.75) is 37.6 Å². The predicted octanol–water partition coefficient (Wildman–Crippen LogP) is 3.78. The average Bonchev–Trinajstić information content (AvgIpc) is 2.77.